The van der Waals surface area contributed by atoms with E-state index in [1.165, 1.54) is 31.9 Å². The molecular weight excluding hydrogens is 252 g/mol. The lowest BCUT2D eigenvalue weighted by atomic mass is 9.95. The van der Waals surface area contributed by atoms with Gasteiger partial charge in [-0.05, 0) is 37.5 Å². The number of nitrogens with two attached hydrogens (primary N) is 1. The van der Waals surface area contributed by atoms with Gasteiger partial charge in [0.15, 0.2) is 0 Å². The minimum Gasteiger partial charge on any atom is -0.465 e. The molecule has 0 aromatic heterocycles. The number of carbonyl (C=O) groups excluding carboxylic acids is 1. The van der Waals surface area contributed by atoms with Crippen LogP contribution in [-0.2, 0) is 11.3 Å². The van der Waals surface area contributed by atoms with E-state index >= 15 is 0 Å². The molecule has 110 valence electrons. The van der Waals surface area contributed by atoms with Gasteiger partial charge < -0.3 is 10.5 Å². The van der Waals surface area contributed by atoms with Crippen molar-refractivity contribution in [3.63, 3.8) is 0 Å². The number of esters is 1. The molecule has 4 heteroatoms. The largest absolute Gasteiger partial charge is 0.465 e. The molecular formula is C16H24N2O2. The van der Waals surface area contributed by atoms with E-state index in [-0.39, 0.29) is 5.97 Å². The van der Waals surface area contributed by atoms with Crippen molar-refractivity contribution in [2.24, 2.45) is 5.73 Å². The quantitative estimate of drug-likeness (QED) is 0.856. The first-order valence-electron chi connectivity index (χ1n) is 7.28. The van der Waals surface area contributed by atoms with E-state index in [4.69, 9.17) is 10.5 Å². The molecule has 0 amide bonds. The summed E-state index contributed by atoms with van der Waals surface area (Å²) in [5, 5.41) is 0. The molecule has 2 unspecified atom stereocenters. The van der Waals surface area contributed by atoms with Crippen molar-refractivity contribution >= 4 is 5.97 Å². The molecule has 1 aliphatic heterocycles. The Bertz CT molecular complexity index is 444. The van der Waals surface area contributed by atoms with E-state index in [1.807, 2.05) is 24.3 Å². The SMILES string of the molecule is COC(=O)c1ccc(CN2C(C)CCCC2CN)cc1. The number of hydrogen-bond donors (Lipinski definition) is 1. The van der Waals surface area contributed by atoms with E-state index in [2.05, 4.69) is 11.8 Å². The van der Waals surface area contributed by atoms with Gasteiger partial charge in [0, 0.05) is 25.2 Å². The number of nitrogens with zero attached hydrogens (tertiary/aromatic N) is 1. The van der Waals surface area contributed by atoms with Gasteiger partial charge in [0.05, 0.1) is 12.7 Å². The van der Waals surface area contributed by atoms with Gasteiger partial charge in [-0.3, -0.25) is 4.90 Å². The number of likely N-dealkylation sites (tertiary alicyclic amines) is 1. The van der Waals surface area contributed by atoms with Crippen LogP contribution in [0.5, 0.6) is 0 Å². The van der Waals surface area contributed by atoms with Crippen LogP contribution in [0, 0.1) is 0 Å². The van der Waals surface area contributed by atoms with Crippen molar-refractivity contribution < 1.29 is 9.53 Å². The minimum atomic E-state index is -0.289. The summed E-state index contributed by atoms with van der Waals surface area (Å²) in [5.74, 6) is -0.289. The van der Waals surface area contributed by atoms with Gasteiger partial charge >= 0.3 is 5.97 Å². The lowest BCUT2D eigenvalue weighted by molar-refractivity contribution is 0.0600. The van der Waals surface area contributed by atoms with Crippen LogP contribution in [0.2, 0.25) is 0 Å². The number of carbonyl (C=O) groups is 1. The predicted octanol–water partition coefficient (Wildman–Crippen LogP) is 2.17. The lowest BCUT2D eigenvalue weighted by Gasteiger charge is -2.40. The lowest BCUT2D eigenvalue weighted by Crippen LogP contribution is -2.48. The van der Waals surface area contributed by atoms with Crippen LogP contribution in [-0.4, -0.2) is 36.6 Å². The standard InChI is InChI=1S/C16H24N2O2/c1-12-4-3-5-15(10-17)18(12)11-13-6-8-14(9-7-13)16(19)20-2/h6-9,12,15H,3-5,10-11,17H2,1-2H3. The molecule has 4 nitrogen and oxygen atoms in total. The normalized spacial score (nSPS) is 23.6. The highest BCUT2D eigenvalue weighted by molar-refractivity contribution is 5.89. The first-order chi connectivity index (χ1) is 9.65. The van der Waals surface area contributed by atoms with E-state index < -0.39 is 0 Å². The summed E-state index contributed by atoms with van der Waals surface area (Å²) in [7, 11) is 1.40. The van der Waals surface area contributed by atoms with Crippen molar-refractivity contribution in [3.05, 3.63) is 35.4 Å². The fraction of sp³-hybridized carbons (Fsp3) is 0.562. The first-order valence-corrected chi connectivity index (χ1v) is 7.28. The van der Waals surface area contributed by atoms with E-state index in [0.717, 1.165) is 6.54 Å². The van der Waals surface area contributed by atoms with E-state index in [9.17, 15) is 4.79 Å². The fourth-order valence-electron chi connectivity index (χ4n) is 2.95. The second kappa shape index (κ2) is 6.86. The Labute approximate surface area is 120 Å². The average Bonchev–Trinajstić information content (AvgIpc) is 2.49. The van der Waals surface area contributed by atoms with Crippen LogP contribution in [0.25, 0.3) is 0 Å². The van der Waals surface area contributed by atoms with Crippen molar-refractivity contribution in [2.45, 2.75) is 44.8 Å². The van der Waals surface area contributed by atoms with E-state index in [1.54, 1.807) is 0 Å². The van der Waals surface area contributed by atoms with Crippen LogP contribution in [0.4, 0.5) is 0 Å². The first kappa shape index (κ1) is 15.0. The maximum atomic E-state index is 11.4. The van der Waals surface area contributed by atoms with Crippen LogP contribution in [0.3, 0.4) is 0 Å². The van der Waals surface area contributed by atoms with Gasteiger partial charge in [-0.15, -0.1) is 0 Å². The van der Waals surface area contributed by atoms with Crippen molar-refractivity contribution in [1.29, 1.82) is 0 Å². The summed E-state index contributed by atoms with van der Waals surface area (Å²) in [6.45, 7) is 3.87. The molecule has 20 heavy (non-hydrogen) atoms. The van der Waals surface area contributed by atoms with Crippen molar-refractivity contribution in [2.75, 3.05) is 13.7 Å². The third-order valence-corrected chi connectivity index (χ3v) is 4.21. The molecule has 1 aliphatic rings. The third-order valence-electron chi connectivity index (χ3n) is 4.21. The highest BCUT2D eigenvalue weighted by Gasteiger charge is 2.26. The van der Waals surface area contributed by atoms with Crippen molar-refractivity contribution in [3.8, 4) is 0 Å². The molecule has 1 aromatic carbocycles. The minimum absolute atomic E-state index is 0.289. The summed E-state index contributed by atoms with van der Waals surface area (Å²) in [6.07, 6.45) is 3.68. The Morgan fingerprint density at radius 1 is 1.35 bits per heavy atom. The Hall–Kier alpha value is -1.39. The predicted molar refractivity (Wildman–Crippen MR) is 79.5 cm³/mol. The Morgan fingerprint density at radius 3 is 2.65 bits per heavy atom. The molecule has 2 rings (SSSR count). The van der Waals surface area contributed by atoms with Crippen LogP contribution < -0.4 is 5.73 Å². The van der Waals surface area contributed by atoms with Crippen LogP contribution in [0.15, 0.2) is 24.3 Å². The molecule has 0 aliphatic carbocycles. The zero-order valence-corrected chi connectivity index (χ0v) is 12.3. The monoisotopic (exact) mass is 276 g/mol. The molecule has 0 saturated carbocycles. The molecule has 2 N–H and O–H groups in total. The van der Waals surface area contributed by atoms with Gasteiger partial charge in [0.25, 0.3) is 0 Å². The Kier molecular flexibility index (Phi) is 5.15. The zero-order chi connectivity index (χ0) is 14.5. The molecule has 0 spiro atoms. The number of ether oxygens (including phenoxy) is 1. The second-order valence-electron chi connectivity index (χ2n) is 5.53. The summed E-state index contributed by atoms with van der Waals surface area (Å²) in [5.41, 5.74) is 7.70. The van der Waals surface area contributed by atoms with Gasteiger partial charge in [-0.2, -0.15) is 0 Å². The number of rotatable bonds is 4. The van der Waals surface area contributed by atoms with Gasteiger partial charge in [-0.25, -0.2) is 4.79 Å². The number of methoxy groups -OCH3 is 1. The van der Waals surface area contributed by atoms with Gasteiger partial charge in [-0.1, -0.05) is 18.6 Å². The van der Waals surface area contributed by atoms with Gasteiger partial charge in [0.1, 0.15) is 0 Å². The highest BCUT2D eigenvalue weighted by Crippen LogP contribution is 2.24. The van der Waals surface area contributed by atoms with E-state index in [0.29, 0.717) is 24.2 Å². The Morgan fingerprint density at radius 2 is 2.05 bits per heavy atom. The second-order valence-corrected chi connectivity index (χ2v) is 5.53. The molecule has 2 atom stereocenters. The van der Waals surface area contributed by atoms with Gasteiger partial charge in [0.2, 0.25) is 0 Å². The maximum absolute atomic E-state index is 11.4. The van der Waals surface area contributed by atoms with Crippen molar-refractivity contribution in [1.82, 2.24) is 4.90 Å². The van der Waals surface area contributed by atoms with Crippen LogP contribution in [0.1, 0.15) is 42.1 Å². The summed E-state index contributed by atoms with van der Waals surface area (Å²) < 4.78 is 4.71. The molecule has 1 fully saturated rings. The molecule has 1 aromatic rings. The molecule has 0 radical (unpaired) electrons. The molecule has 1 saturated heterocycles. The topological polar surface area (TPSA) is 55.6 Å². The molecule has 0 bridgehead atoms. The average molecular weight is 276 g/mol. The molecule has 1 heterocycles. The zero-order valence-electron chi connectivity index (χ0n) is 12.3. The summed E-state index contributed by atoms with van der Waals surface area (Å²) in [4.78, 5) is 13.9. The number of piperidine rings is 1. The highest BCUT2D eigenvalue weighted by atomic mass is 16.5. The van der Waals surface area contributed by atoms with Crippen LogP contribution >= 0.6 is 0 Å². The third kappa shape index (κ3) is 3.38. The number of hydrogen-bond acceptors (Lipinski definition) is 4. The maximum Gasteiger partial charge on any atom is 0.337 e. The summed E-state index contributed by atoms with van der Waals surface area (Å²) >= 11 is 0. The Balaban J connectivity index is 2.06. The fourth-order valence-corrected chi connectivity index (χ4v) is 2.95. The number of benzene rings is 1. The summed E-state index contributed by atoms with van der Waals surface area (Å²) in [6, 6.07) is 8.69. The smallest absolute Gasteiger partial charge is 0.337 e.